The van der Waals surface area contributed by atoms with Crippen molar-refractivity contribution in [2.45, 2.75) is 32.1 Å². The molecule has 6 heteroatoms. The molecule has 0 atom stereocenters. The molecule has 1 aromatic heterocycles. The van der Waals surface area contributed by atoms with Crippen LogP contribution in [-0.2, 0) is 0 Å². The minimum absolute atomic E-state index is 0.610. The monoisotopic (exact) mass is 439 g/mol. The van der Waals surface area contributed by atoms with Crippen LogP contribution in [-0.4, -0.2) is 69.3 Å². The summed E-state index contributed by atoms with van der Waals surface area (Å²) in [6, 6.07) is 13.8. The molecule has 2 aromatic carbocycles. The number of benzene rings is 2. The number of aromatic nitrogens is 1. The van der Waals surface area contributed by atoms with Crippen molar-refractivity contribution in [1.29, 1.82) is 0 Å². The molecule has 174 valence electrons. The molecule has 0 aliphatic rings. The van der Waals surface area contributed by atoms with Crippen molar-refractivity contribution in [2.24, 2.45) is 0 Å². The van der Waals surface area contributed by atoms with Gasteiger partial charge < -0.3 is 23.7 Å². The van der Waals surface area contributed by atoms with Gasteiger partial charge in [0, 0.05) is 11.6 Å². The molecule has 0 unspecified atom stereocenters. The average molecular weight is 440 g/mol. The van der Waals surface area contributed by atoms with Crippen LogP contribution in [0.5, 0.6) is 11.5 Å². The van der Waals surface area contributed by atoms with Gasteiger partial charge in [0.25, 0.3) is 0 Å². The van der Waals surface area contributed by atoms with Crippen LogP contribution >= 0.6 is 0 Å². The van der Waals surface area contributed by atoms with Gasteiger partial charge in [-0.3, -0.25) is 0 Å². The lowest BCUT2D eigenvalue weighted by Crippen LogP contribution is -2.13. The van der Waals surface area contributed by atoms with Crippen LogP contribution in [0.3, 0.4) is 0 Å². The highest BCUT2D eigenvalue weighted by atomic mass is 16.5. The predicted octanol–water partition coefficient (Wildman–Crippen LogP) is 5.33. The van der Waals surface area contributed by atoms with Crippen LogP contribution in [0.2, 0.25) is 0 Å². The molecule has 0 saturated heterocycles. The second-order valence-electron chi connectivity index (χ2n) is 8.74. The molecular weight excluding hydrogens is 402 g/mol. The molecule has 0 saturated carbocycles. The Morgan fingerprint density at radius 3 is 2.00 bits per heavy atom. The first-order valence-electron chi connectivity index (χ1n) is 11.6. The zero-order valence-electron chi connectivity index (χ0n) is 20.0. The predicted molar refractivity (Wildman–Crippen MR) is 131 cm³/mol. The van der Waals surface area contributed by atoms with E-state index in [9.17, 15) is 0 Å². The van der Waals surface area contributed by atoms with Crippen LogP contribution in [0.1, 0.15) is 32.1 Å². The molecule has 0 spiro atoms. The fraction of sp³-hybridized carbons (Fsp3) is 0.500. The first-order chi connectivity index (χ1) is 15.5. The Morgan fingerprint density at radius 2 is 1.31 bits per heavy atom. The van der Waals surface area contributed by atoms with E-state index in [1.54, 1.807) is 0 Å². The fourth-order valence-corrected chi connectivity index (χ4v) is 3.43. The Labute approximate surface area is 192 Å². The number of hydrogen-bond donors (Lipinski definition) is 0. The molecule has 0 N–H and O–H groups in total. The quantitative estimate of drug-likeness (QED) is 0.317. The second kappa shape index (κ2) is 12.5. The number of ether oxygens (including phenoxy) is 2. The highest BCUT2D eigenvalue weighted by molar-refractivity contribution is 5.77. The van der Waals surface area contributed by atoms with Gasteiger partial charge in [0.2, 0.25) is 5.89 Å². The molecule has 0 bridgehead atoms. The largest absolute Gasteiger partial charge is 0.494 e. The summed E-state index contributed by atoms with van der Waals surface area (Å²) in [6.07, 6.45) is 5.61. The topological polar surface area (TPSA) is 51.0 Å². The highest BCUT2D eigenvalue weighted by Gasteiger charge is 2.10. The first-order valence-corrected chi connectivity index (χ1v) is 11.6. The van der Waals surface area contributed by atoms with Crippen molar-refractivity contribution in [3.05, 3.63) is 42.5 Å². The van der Waals surface area contributed by atoms with Crippen molar-refractivity contribution >= 4 is 11.1 Å². The van der Waals surface area contributed by atoms with E-state index in [1.165, 1.54) is 12.8 Å². The van der Waals surface area contributed by atoms with E-state index in [-0.39, 0.29) is 0 Å². The van der Waals surface area contributed by atoms with Gasteiger partial charge in [0.1, 0.15) is 17.0 Å². The van der Waals surface area contributed by atoms with Gasteiger partial charge in [-0.05, 0) is 110 Å². The van der Waals surface area contributed by atoms with E-state index in [0.717, 1.165) is 67.1 Å². The third kappa shape index (κ3) is 7.84. The van der Waals surface area contributed by atoms with Crippen LogP contribution < -0.4 is 9.47 Å². The number of nitrogens with zero attached hydrogens (tertiary/aromatic N) is 3. The Bertz CT molecular complexity index is 935. The van der Waals surface area contributed by atoms with E-state index < -0.39 is 0 Å². The van der Waals surface area contributed by atoms with E-state index in [2.05, 4.69) is 43.0 Å². The summed E-state index contributed by atoms with van der Waals surface area (Å²) < 4.78 is 17.7. The summed E-state index contributed by atoms with van der Waals surface area (Å²) >= 11 is 0. The second-order valence-corrected chi connectivity index (χ2v) is 8.74. The van der Waals surface area contributed by atoms with Crippen LogP contribution in [0.4, 0.5) is 0 Å². The molecule has 6 nitrogen and oxygen atoms in total. The molecule has 1 heterocycles. The molecule has 0 aliphatic carbocycles. The number of hydrogen-bond acceptors (Lipinski definition) is 6. The Kier molecular flexibility index (Phi) is 9.38. The van der Waals surface area contributed by atoms with Crippen molar-refractivity contribution in [3.63, 3.8) is 0 Å². The minimum Gasteiger partial charge on any atom is -0.494 e. The van der Waals surface area contributed by atoms with Crippen molar-refractivity contribution < 1.29 is 13.9 Å². The molecule has 0 amide bonds. The molecule has 3 aromatic rings. The third-order valence-corrected chi connectivity index (χ3v) is 5.25. The van der Waals surface area contributed by atoms with Gasteiger partial charge in [-0.1, -0.05) is 0 Å². The van der Waals surface area contributed by atoms with Crippen molar-refractivity contribution in [1.82, 2.24) is 14.8 Å². The number of unbranched alkanes of at least 4 members (excludes halogenated alkanes) is 3. The Hall–Kier alpha value is -2.57. The maximum Gasteiger partial charge on any atom is 0.227 e. The van der Waals surface area contributed by atoms with Gasteiger partial charge in [-0.25, -0.2) is 4.98 Å². The summed E-state index contributed by atoms with van der Waals surface area (Å²) in [5, 5.41) is 0. The average Bonchev–Trinajstić information content (AvgIpc) is 3.19. The maximum absolute atomic E-state index is 6.00. The summed E-state index contributed by atoms with van der Waals surface area (Å²) in [4.78, 5) is 9.02. The van der Waals surface area contributed by atoms with Gasteiger partial charge in [-0.15, -0.1) is 0 Å². The van der Waals surface area contributed by atoms with E-state index in [0.29, 0.717) is 12.5 Å². The molecule has 0 aliphatic heterocycles. The van der Waals surface area contributed by atoms with Crippen LogP contribution in [0.25, 0.3) is 22.6 Å². The van der Waals surface area contributed by atoms with Gasteiger partial charge in [0.05, 0.1) is 13.2 Å². The SMILES string of the molecule is CN(C)CCCCCOc1ccc(-c2nc3ccc(OCCCCN(C)C)cc3o2)cc1. The molecule has 3 rings (SSSR count). The zero-order valence-corrected chi connectivity index (χ0v) is 20.0. The maximum atomic E-state index is 6.00. The van der Waals surface area contributed by atoms with Gasteiger partial charge in [-0.2, -0.15) is 0 Å². The van der Waals surface area contributed by atoms with Gasteiger partial charge in [0.15, 0.2) is 5.58 Å². The van der Waals surface area contributed by atoms with E-state index >= 15 is 0 Å². The summed E-state index contributed by atoms with van der Waals surface area (Å²) in [5.74, 6) is 2.31. The van der Waals surface area contributed by atoms with Crippen molar-refractivity contribution in [3.8, 4) is 23.0 Å². The smallest absolute Gasteiger partial charge is 0.227 e. The number of fused-ring (bicyclic) bond motifs is 1. The standard InChI is InChI=1S/C26H37N3O3/c1-28(2)16-6-5-8-18-30-22-12-10-21(11-13-22)26-27-24-15-14-23(20-25(24)32-26)31-19-9-7-17-29(3)4/h10-15,20H,5-9,16-19H2,1-4H3. The highest BCUT2D eigenvalue weighted by Crippen LogP contribution is 2.28. The summed E-state index contributed by atoms with van der Waals surface area (Å²) in [5.41, 5.74) is 2.51. The van der Waals surface area contributed by atoms with Crippen LogP contribution in [0, 0.1) is 0 Å². The Morgan fingerprint density at radius 1 is 0.719 bits per heavy atom. The van der Waals surface area contributed by atoms with E-state index in [4.69, 9.17) is 13.9 Å². The summed E-state index contributed by atoms with van der Waals surface area (Å²) in [7, 11) is 8.39. The fourth-order valence-electron chi connectivity index (χ4n) is 3.43. The normalized spacial score (nSPS) is 11.6. The lowest BCUT2D eigenvalue weighted by molar-refractivity contribution is 0.293. The molecule has 32 heavy (non-hydrogen) atoms. The lowest BCUT2D eigenvalue weighted by atomic mass is 10.2. The lowest BCUT2D eigenvalue weighted by Gasteiger charge is -2.09. The molecule has 0 fully saturated rings. The number of oxazole rings is 1. The Balaban J connectivity index is 1.49. The van der Waals surface area contributed by atoms with E-state index in [1.807, 2.05) is 42.5 Å². The third-order valence-electron chi connectivity index (χ3n) is 5.25. The number of rotatable bonds is 14. The zero-order chi connectivity index (χ0) is 22.8. The van der Waals surface area contributed by atoms with Gasteiger partial charge >= 0.3 is 0 Å². The minimum atomic E-state index is 0.610. The van der Waals surface area contributed by atoms with Crippen LogP contribution in [0.15, 0.2) is 46.9 Å². The molecular formula is C26H37N3O3. The molecule has 0 radical (unpaired) electrons. The van der Waals surface area contributed by atoms with Crippen molar-refractivity contribution in [2.75, 3.05) is 54.5 Å². The summed E-state index contributed by atoms with van der Waals surface area (Å²) in [6.45, 7) is 3.66. The first kappa shape index (κ1) is 24.1.